The summed E-state index contributed by atoms with van der Waals surface area (Å²) < 4.78 is 0. The summed E-state index contributed by atoms with van der Waals surface area (Å²) >= 11 is 6.31. The first-order valence-corrected chi connectivity index (χ1v) is 7.78. The molecule has 3 heteroatoms. The van der Waals surface area contributed by atoms with Gasteiger partial charge in [-0.15, -0.1) is 0 Å². The van der Waals surface area contributed by atoms with Crippen LogP contribution in [0.4, 0.5) is 0 Å². The minimum atomic E-state index is 0.140. The van der Waals surface area contributed by atoms with Crippen molar-refractivity contribution in [2.24, 2.45) is 11.8 Å². The molecule has 20 heavy (non-hydrogen) atoms. The molecule has 0 saturated heterocycles. The predicted molar refractivity (Wildman–Crippen MR) is 83.5 cm³/mol. The lowest BCUT2D eigenvalue weighted by Crippen LogP contribution is -2.42. The molecule has 1 aliphatic rings. The Kier molecular flexibility index (Phi) is 5.07. The van der Waals surface area contributed by atoms with E-state index in [0.717, 1.165) is 23.4 Å². The minimum absolute atomic E-state index is 0.140. The van der Waals surface area contributed by atoms with E-state index in [2.05, 4.69) is 37.9 Å². The highest BCUT2D eigenvalue weighted by Crippen LogP contribution is 2.36. The van der Waals surface area contributed by atoms with Gasteiger partial charge in [-0.05, 0) is 50.8 Å². The van der Waals surface area contributed by atoms with E-state index in [4.69, 9.17) is 11.6 Å². The second-order valence-electron chi connectivity index (χ2n) is 6.08. The van der Waals surface area contributed by atoms with Gasteiger partial charge < -0.3 is 0 Å². The van der Waals surface area contributed by atoms with Crippen molar-refractivity contribution in [1.82, 2.24) is 4.90 Å². The lowest BCUT2D eigenvalue weighted by molar-refractivity contribution is 0.0976. The molecule has 0 bridgehead atoms. The molecule has 1 aromatic carbocycles. The molecule has 0 amide bonds. The van der Waals surface area contributed by atoms with Crippen LogP contribution in [0.2, 0.25) is 5.02 Å². The second kappa shape index (κ2) is 6.61. The van der Waals surface area contributed by atoms with Gasteiger partial charge >= 0.3 is 0 Å². The van der Waals surface area contributed by atoms with E-state index in [-0.39, 0.29) is 12.0 Å². The van der Waals surface area contributed by atoms with E-state index in [1.54, 1.807) is 0 Å². The number of benzene rings is 1. The standard InChI is InChI=1S/C17H23ClN2/c1-12-8-9-14(11-19)17(10-12)20(3)13(2)15-6-4-5-7-16(15)18/h4-7,12-14,17H,8-10H2,1-3H3. The van der Waals surface area contributed by atoms with Crippen LogP contribution in [0.1, 0.15) is 44.7 Å². The van der Waals surface area contributed by atoms with Gasteiger partial charge in [0.1, 0.15) is 0 Å². The third-order valence-corrected chi connectivity index (χ3v) is 5.08. The monoisotopic (exact) mass is 290 g/mol. The van der Waals surface area contributed by atoms with Crippen molar-refractivity contribution in [3.63, 3.8) is 0 Å². The first kappa shape index (κ1) is 15.4. The van der Waals surface area contributed by atoms with Crippen LogP contribution in [0.15, 0.2) is 24.3 Å². The summed E-state index contributed by atoms with van der Waals surface area (Å²) in [6.45, 7) is 4.46. The van der Waals surface area contributed by atoms with Crippen molar-refractivity contribution in [2.45, 2.75) is 45.2 Å². The van der Waals surface area contributed by atoms with E-state index >= 15 is 0 Å². The molecule has 1 saturated carbocycles. The predicted octanol–water partition coefficient (Wildman–Crippen LogP) is 4.66. The van der Waals surface area contributed by atoms with Crippen LogP contribution < -0.4 is 0 Å². The summed E-state index contributed by atoms with van der Waals surface area (Å²) in [6.07, 6.45) is 3.29. The summed E-state index contributed by atoms with van der Waals surface area (Å²) in [5.74, 6) is 0.839. The molecule has 1 aliphatic carbocycles. The number of hydrogen-bond acceptors (Lipinski definition) is 2. The highest BCUT2D eigenvalue weighted by molar-refractivity contribution is 6.31. The molecule has 0 N–H and O–H groups in total. The molecule has 0 aromatic heterocycles. The highest BCUT2D eigenvalue weighted by Gasteiger charge is 2.33. The van der Waals surface area contributed by atoms with Gasteiger partial charge in [0.15, 0.2) is 0 Å². The Morgan fingerprint density at radius 1 is 1.35 bits per heavy atom. The Labute approximate surface area is 127 Å². The van der Waals surface area contributed by atoms with Crippen LogP contribution in [-0.4, -0.2) is 18.0 Å². The molecule has 0 spiro atoms. The van der Waals surface area contributed by atoms with Gasteiger partial charge in [0, 0.05) is 17.1 Å². The molecule has 108 valence electrons. The van der Waals surface area contributed by atoms with Crippen LogP contribution in [0.25, 0.3) is 0 Å². The Bertz CT molecular complexity index is 494. The normalized spacial score (nSPS) is 28.1. The van der Waals surface area contributed by atoms with Crippen LogP contribution in [-0.2, 0) is 0 Å². The zero-order valence-electron chi connectivity index (χ0n) is 12.5. The lowest BCUT2D eigenvalue weighted by Gasteiger charge is -2.40. The van der Waals surface area contributed by atoms with Gasteiger partial charge in [0.2, 0.25) is 0 Å². The number of hydrogen-bond donors (Lipinski definition) is 0. The average molecular weight is 291 g/mol. The first-order chi connectivity index (χ1) is 9.54. The largest absolute Gasteiger partial charge is 0.295 e. The van der Waals surface area contributed by atoms with Gasteiger partial charge in [0.05, 0.1) is 12.0 Å². The van der Waals surface area contributed by atoms with Crippen molar-refractivity contribution in [1.29, 1.82) is 5.26 Å². The fourth-order valence-corrected chi connectivity index (χ4v) is 3.57. The van der Waals surface area contributed by atoms with E-state index in [9.17, 15) is 5.26 Å². The molecular formula is C17H23ClN2. The maximum atomic E-state index is 9.40. The van der Waals surface area contributed by atoms with E-state index < -0.39 is 0 Å². The minimum Gasteiger partial charge on any atom is -0.295 e. The van der Waals surface area contributed by atoms with Gasteiger partial charge in [-0.1, -0.05) is 36.7 Å². The zero-order chi connectivity index (χ0) is 14.7. The van der Waals surface area contributed by atoms with Crippen molar-refractivity contribution < 1.29 is 0 Å². The summed E-state index contributed by atoms with van der Waals surface area (Å²) in [4.78, 5) is 2.34. The van der Waals surface area contributed by atoms with Crippen molar-refractivity contribution in [3.05, 3.63) is 34.9 Å². The summed E-state index contributed by atoms with van der Waals surface area (Å²) in [5, 5.41) is 10.2. The Hall–Kier alpha value is -1.04. The number of halogens is 1. The van der Waals surface area contributed by atoms with E-state index in [1.807, 2.05) is 18.2 Å². The van der Waals surface area contributed by atoms with Crippen molar-refractivity contribution in [2.75, 3.05) is 7.05 Å². The summed E-state index contributed by atoms with van der Waals surface area (Å²) in [6, 6.07) is 11.1. The lowest BCUT2D eigenvalue weighted by atomic mass is 9.78. The van der Waals surface area contributed by atoms with Crippen LogP contribution in [0.5, 0.6) is 0 Å². The molecule has 1 fully saturated rings. The Balaban J connectivity index is 2.19. The van der Waals surface area contributed by atoms with Crippen molar-refractivity contribution >= 4 is 11.6 Å². The summed E-state index contributed by atoms with van der Waals surface area (Å²) in [7, 11) is 2.13. The van der Waals surface area contributed by atoms with Crippen LogP contribution in [0, 0.1) is 23.2 Å². The van der Waals surface area contributed by atoms with Crippen LogP contribution in [0.3, 0.4) is 0 Å². The molecule has 2 rings (SSSR count). The molecular weight excluding hydrogens is 268 g/mol. The van der Waals surface area contributed by atoms with E-state index in [1.165, 1.54) is 6.42 Å². The van der Waals surface area contributed by atoms with E-state index in [0.29, 0.717) is 12.0 Å². The smallest absolute Gasteiger partial charge is 0.0672 e. The number of rotatable bonds is 3. The summed E-state index contributed by atoms with van der Waals surface area (Å²) in [5.41, 5.74) is 1.14. The van der Waals surface area contributed by atoms with Gasteiger partial charge in [-0.3, -0.25) is 4.90 Å². The number of nitriles is 1. The molecule has 4 unspecified atom stereocenters. The van der Waals surface area contributed by atoms with Crippen molar-refractivity contribution in [3.8, 4) is 6.07 Å². The Morgan fingerprint density at radius 2 is 2.05 bits per heavy atom. The SMILES string of the molecule is CC1CCC(C#N)C(N(C)C(C)c2ccccc2Cl)C1. The molecule has 1 aromatic rings. The fourth-order valence-electron chi connectivity index (χ4n) is 3.27. The molecule has 0 aliphatic heterocycles. The maximum absolute atomic E-state index is 9.40. The quantitative estimate of drug-likeness (QED) is 0.809. The average Bonchev–Trinajstić information content (AvgIpc) is 2.46. The molecule has 2 nitrogen and oxygen atoms in total. The van der Waals surface area contributed by atoms with Gasteiger partial charge in [-0.25, -0.2) is 0 Å². The highest BCUT2D eigenvalue weighted by atomic mass is 35.5. The fraction of sp³-hybridized carbons (Fsp3) is 0.588. The maximum Gasteiger partial charge on any atom is 0.0672 e. The topological polar surface area (TPSA) is 27.0 Å². The second-order valence-corrected chi connectivity index (χ2v) is 6.49. The van der Waals surface area contributed by atoms with Gasteiger partial charge in [0.25, 0.3) is 0 Å². The first-order valence-electron chi connectivity index (χ1n) is 7.40. The molecule has 0 heterocycles. The van der Waals surface area contributed by atoms with Gasteiger partial charge in [-0.2, -0.15) is 5.26 Å². The molecule has 0 radical (unpaired) electrons. The zero-order valence-corrected chi connectivity index (χ0v) is 13.3. The number of nitrogens with zero attached hydrogens (tertiary/aromatic N) is 2. The third-order valence-electron chi connectivity index (χ3n) is 4.73. The third kappa shape index (κ3) is 3.16. The molecule has 4 atom stereocenters. The Morgan fingerprint density at radius 3 is 2.70 bits per heavy atom. The van der Waals surface area contributed by atoms with Crippen LogP contribution >= 0.6 is 11.6 Å².